The van der Waals surface area contributed by atoms with Gasteiger partial charge in [-0.1, -0.05) is 48.2 Å². The predicted octanol–water partition coefficient (Wildman–Crippen LogP) is 3.76. The van der Waals surface area contributed by atoms with Gasteiger partial charge in [-0.25, -0.2) is 0 Å². The molecule has 7 heteroatoms. The second kappa shape index (κ2) is 10.1. The van der Waals surface area contributed by atoms with Crippen LogP contribution in [0.2, 0.25) is 0 Å². The molecule has 4 rings (SSSR count). The number of nitrogens with zero attached hydrogens (tertiary/aromatic N) is 4. The molecule has 3 aromatic rings. The molecule has 0 radical (unpaired) electrons. The molecular weight excluding hydrogens is 406 g/mol. The minimum absolute atomic E-state index is 0.0566. The zero-order chi connectivity index (χ0) is 21.6. The fourth-order valence-electron chi connectivity index (χ4n) is 3.85. The van der Waals surface area contributed by atoms with E-state index in [0.29, 0.717) is 5.75 Å². The van der Waals surface area contributed by atoms with Gasteiger partial charge in [-0.3, -0.25) is 14.3 Å². The number of carbonyl (C=O) groups is 1. The molecule has 0 unspecified atom stereocenters. The van der Waals surface area contributed by atoms with Gasteiger partial charge in [-0.15, -0.1) is 10.2 Å². The molecule has 2 aromatic carbocycles. The predicted molar refractivity (Wildman–Crippen MR) is 124 cm³/mol. The highest BCUT2D eigenvalue weighted by Gasteiger charge is 2.21. The van der Waals surface area contributed by atoms with E-state index in [1.54, 1.807) is 6.33 Å². The standard InChI is InChI=1S/C24H29N5OS/c1-18-8-9-22(14-19(18)2)29-17-25-27-24(29)31-16-23(30)26-21-10-12-28(13-11-21)15-20-6-4-3-5-7-20/h3-9,14,17,21H,10-13,15-16H2,1-2H3,(H,26,30). The first-order valence-corrected chi connectivity index (χ1v) is 11.7. The van der Waals surface area contributed by atoms with E-state index in [9.17, 15) is 4.79 Å². The summed E-state index contributed by atoms with van der Waals surface area (Å²) in [5, 5.41) is 12.2. The second-order valence-electron chi connectivity index (χ2n) is 8.14. The van der Waals surface area contributed by atoms with Crippen molar-refractivity contribution in [2.75, 3.05) is 18.8 Å². The molecule has 1 saturated heterocycles. The Morgan fingerprint density at radius 1 is 1.10 bits per heavy atom. The molecule has 0 spiro atoms. The molecule has 6 nitrogen and oxygen atoms in total. The van der Waals surface area contributed by atoms with Crippen molar-refractivity contribution < 1.29 is 4.79 Å². The van der Waals surface area contributed by atoms with Crippen LogP contribution >= 0.6 is 11.8 Å². The summed E-state index contributed by atoms with van der Waals surface area (Å²) in [5.74, 6) is 0.398. The molecule has 1 amide bonds. The SMILES string of the molecule is Cc1ccc(-n2cnnc2SCC(=O)NC2CCN(Cc3ccccc3)CC2)cc1C. The number of aryl methyl sites for hydroxylation is 2. The van der Waals surface area contributed by atoms with Crippen molar-refractivity contribution >= 4 is 17.7 Å². The van der Waals surface area contributed by atoms with Gasteiger partial charge in [-0.05, 0) is 55.5 Å². The lowest BCUT2D eigenvalue weighted by atomic mass is 10.0. The lowest BCUT2D eigenvalue weighted by Gasteiger charge is -2.32. The fourth-order valence-corrected chi connectivity index (χ4v) is 4.59. The Morgan fingerprint density at radius 3 is 2.61 bits per heavy atom. The number of aromatic nitrogens is 3. The zero-order valence-electron chi connectivity index (χ0n) is 18.1. The zero-order valence-corrected chi connectivity index (χ0v) is 18.9. The fraction of sp³-hybridized carbons (Fsp3) is 0.375. The number of nitrogens with one attached hydrogen (secondary N) is 1. The first-order chi connectivity index (χ1) is 15.1. The smallest absolute Gasteiger partial charge is 0.230 e. The van der Waals surface area contributed by atoms with Crippen molar-refractivity contribution in [2.24, 2.45) is 0 Å². The Balaban J connectivity index is 1.24. The van der Waals surface area contributed by atoms with Crippen molar-refractivity contribution in [1.29, 1.82) is 0 Å². The van der Waals surface area contributed by atoms with Crippen molar-refractivity contribution in [3.05, 3.63) is 71.5 Å². The molecule has 1 aromatic heterocycles. The van der Waals surface area contributed by atoms with Crippen molar-refractivity contribution in [3.8, 4) is 5.69 Å². The van der Waals surface area contributed by atoms with E-state index in [0.717, 1.165) is 43.3 Å². The van der Waals surface area contributed by atoms with Crippen LogP contribution in [0.15, 0.2) is 60.0 Å². The molecule has 1 N–H and O–H groups in total. The third-order valence-corrected chi connectivity index (χ3v) is 6.76. The molecule has 0 saturated carbocycles. The Labute approximate surface area is 188 Å². The van der Waals surface area contributed by atoms with Crippen LogP contribution in [0.3, 0.4) is 0 Å². The first kappa shape index (κ1) is 21.6. The maximum Gasteiger partial charge on any atom is 0.230 e. The van der Waals surface area contributed by atoms with E-state index in [-0.39, 0.29) is 11.9 Å². The monoisotopic (exact) mass is 435 g/mol. The molecule has 1 fully saturated rings. The maximum atomic E-state index is 12.5. The van der Waals surface area contributed by atoms with Gasteiger partial charge in [0.25, 0.3) is 0 Å². The van der Waals surface area contributed by atoms with E-state index in [4.69, 9.17) is 0 Å². The number of hydrogen-bond acceptors (Lipinski definition) is 5. The van der Waals surface area contributed by atoms with Crippen LogP contribution in [-0.2, 0) is 11.3 Å². The van der Waals surface area contributed by atoms with Gasteiger partial charge in [0.05, 0.1) is 5.75 Å². The van der Waals surface area contributed by atoms with Gasteiger partial charge in [0.2, 0.25) is 5.91 Å². The number of likely N-dealkylation sites (tertiary alicyclic amines) is 1. The molecule has 2 heterocycles. The van der Waals surface area contributed by atoms with Crippen LogP contribution in [0, 0.1) is 13.8 Å². The summed E-state index contributed by atoms with van der Waals surface area (Å²) in [6.45, 7) is 7.18. The highest BCUT2D eigenvalue weighted by molar-refractivity contribution is 7.99. The second-order valence-corrected chi connectivity index (χ2v) is 9.09. The number of benzene rings is 2. The van der Waals surface area contributed by atoms with Crippen LogP contribution in [0.4, 0.5) is 0 Å². The topological polar surface area (TPSA) is 63.1 Å². The normalized spacial score (nSPS) is 15.2. The molecule has 0 atom stereocenters. The summed E-state index contributed by atoms with van der Waals surface area (Å²) in [4.78, 5) is 15.0. The minimum Gasteiger partial charge on any atom is -0.353 e. The summed E-state index contributed by atoms with van der Waals surface area (Å²) < 4.78 is 1.94. The van der Waals surface area contributed by atoms with Crippen molar-refractivity contribution in [2.45, 2.75) is 44.4 Å². The Hall–Kier alpha value is -2.64. The third kappa shape index (κ3) is 5.74. The number of piperidine rings is 1. The first-order valence-electron chi connectivity index (χ1n) is 10.7. The number of carbonyl (C=O) groups excluding carboxylic acids is 1. The highest BCUT2D eigenvalue weighted by Crippen LogP contribution is 2.21. The molecule has 1 aliphatic rings. The van der Waals surface area contributed by atoms with E-state index >= 15 is 0 Å². The summed E-state index contributed by atoms with van der Waals surface area (Å²) >= 11 is 1.42. The summed E-state index contributed by atoms with van der Waals surface area (Å²) in [6, 6.07) is 17.1. The average molecular weight is 436 g/mol. The van der Waals surface area contributed by atoms with Gasteiger partial charge in [-0.2, -0.15) is 0 Å². The largest absolute Gasteiger partial charge is 0.353 e. The van der Waals surface area contributed by atoms with Gasteiger partial charge < -0.3 is 5.32 Å². The van der Waals surface area contributed by atoms with Gasteiger partial charge in [0.1, 0.15) is 6.33 Å². The number of thioether (sulfide) groups is 1. The lowest BCUT2D eigenvalue weighted by molar-refractivity contribution is -0.119. The Kier molecular flexibility index (Phi) is 7.04. The Morgan fingerprint density at radius 2 is 1.87 bits per heavy atom. The molecule has 1 aliphatic heterocycles. The average Bonchev–Trinajstić information content (AvgIpc) is 3.25. The number of rotatable bonds is 7. The molecule has 0 bridgehead atoms. The van der Waals surface area contributed by atoms with Gasteiger partial charge in [0.15, 0.2) is 5.16 Å². The summed E-state index contributed by atoms with van der Waals surface area (Å²) in [6.07, 6.45) is 3.68. The van der Waals surface area contributed by atoms with E-state index in [1.807, 2.05) is 10.6 Å². The van der Waals surface area contributed by atoms with E-state index in [2.05, 4.69) is 76.7 Å². The number of hydrogen-bond donors (Lipinski definition) is 1. The van der Waals surface area contributed by atoms with E-state index < -0.39 is 0 Å². The van der Waals surface area contributed by atoms with Crippen LogP contribution in [-0.4, -0.2) is 50.5 Å². The molecular formula is C24H29N5OS. The van der Waals surface area contributed by atoms with Gasteiger partial charge >= 0.3 is 0 Å². The van der Waals surface area contributed by atoms with Gasteiger partial charge in [0, 0.05) is 31.4 Å². The van der Waals surface area contributed by atoms with Crippen molar-refractivity contribution in [3.63, 3.8) is 0 Å². The van der Waals surface area contributed by atoms with Crippen LogP contribution < -0.4 is 5.32 Å². The summed E-state index contributed by atoms with van der Waals surface area (Å²) in [7, 11) is 0. The highest BCUT2D eigenvalue weighted by atomic mass is 32.2. The van der Waals surface area contributed by atoms with Crippen LogP contribution in [0.1, 0.15) is 29.5 Å². The summed E-state index contributed by atoms with van der Waals surface area (Å²) in [5.41, 5.74) is 4.83. The molecule has 0 aliphatic carbocycles. The van der Waals surface area contributed by atoms with Crippen LogP contribution in [0.5, 0.6) is 0 Å². The molecule has 31 heavy (non-hydrogen) atoms. The van der Waals surface area contributed by atoms with E-state index in [1.165, 1.54) is 28.5 Å². The minimum atomic E-state index is 0.0566. The quantitative estimate of drug-likeness (QED) is 0.573. The lowest BCUT2D eigenvalue weighted by Crippen LogP contribution is -2.44. The third-order valence-electron chi connectivity index (χ3n) is 5.82. The molecule has 162 valence electrons. The van der Waals surface area contributed by atoms with Crippen molar-refractivity contribution in [1.82, 2.24) is 25.0 Å². The van der Waals surface area contributed by atoms with Crippen LogP contribution in [0.25, 0.3) is 5.69 Å². The maximum absolute atomic E-state index is 12.5. The number of amides is 1. The Bertz CT molecular complexity index is 1010.